The Morgan fingerprint density at radius 1 is 1.12 bits per heavy atom. The minimum absolute atomic E-state index is 0.135. The molecule has 0 aliphatic carbocycles. The van der Waals surface area contributed by atoms with Crippen LogP contribution in [0.1, 0.15) is 43.9 Å². The van der Waals surface area contributed by atoms with E-state index in [2.05, 4.69) is 15.5 Å². The number of aromatic nitrogens is 2. The number of imide groups is 1. The van der Waals surface area contributed by atoms with Crippen molar-refractivity contribution < 1.29 is 19.1 Å². The van der Waals surface area contributed by atoms with E-state index in [4.69, 9.17) is 16.3 Å². The fourth-order valence-corrected chi connectivity index (χ4v) is 4.84. The first-order valence-electron chi connectivity index (χ1n) is 10.0. The smallest absolute Gasteiger partial charge is 0.261 e. The monoisotopic (exact) mass is 468 g/mol. The van der Waals surface area contributed by atoms with Gasteiger partial charge in [-0.1, -0.05) is 41.1 Å². The van der Waals surface area contributed by atoms with E-state index in [1.54, 1.807) is 6.07 Å². The third-order valence-corrected chi connectivity index (χ3v) is 6.59. The molecule has 1 fully saturated rings. The number of halogens is 1. The van der Waals surface area contributed by atoms with Crippen LogP contribution in [0, 0.1) is 0 Å². The molecule has 2 aromatic carbocycles. The third kappa shape index (κ3) is 3.79. The molecule has 3 aromatic rings. The Hall–Kier alpha value is -3.14. The van der Waals surface area contributed by atoms with Crippen molar-refractivity contribution in [1.82, 2.24) is 15.1 Å². The van der Waals surface area contributed by atoms with Gasteiger partial charge < -0.3 is 4.74 Å². The Labute approximate surface area is 192 Å². The average Bonchev–Trinajstić information content (AvgIpc) is 3.52. The third-order valence-electron chi connectivity index (χ3n) is 5.39. The largest absolute Gasteiger partial charge is 0.376 e. The van der Waals surface area contributed by atoms with Gasteiger partial charge in [0.2, 0.25) is 5.13 Å². The number of amides is 3. The molecular weight excluding hydrogens is 452 g/mol. The first-order valence-corrected chi connectivity index (χ1v) is 11.2. The van der Waals surface area contributed by atoms with Gasteiger partial charge in [-0.2, -0.15) is 0 Å². The van der Waals surface area contributed by atoms with Crippen molar-refractivity contribution in [3.05, 3.63) is 64.2 Å². The molecule has 0 saturated carbocycles. The highest BCUT2D eigenvalue weighted by Crippen LogP contribution is 2.32. The van der Waals surface area contributed by atoms with Gasteiger partial charge in [-0.3, -0.25) is 24.6 Å². The number of ether oxygens (including phenoxy) is 1. The lowest BCUT2D eigenvalue weighted by Gasteiger charge is -2.17. The molecule has 1 unspecified atom stereocenters. The summed E-state index contributed by atoms with van der Waals surface area (Å²) in [5, 5.41) is 12.2. The molecule has 0 radical (unpaired) electrons. The maximum atomic E-state index is 12.8. The molecule has 2 aliphatic heterocycles. The highest BCUT2D eigenvalue weighted by Gasteiger charge is 2.38. The Bertz CT molecular complexity index is 1240. The zero-order valence-corrected chi connectivity index (χ0v) is 18.3. The topological polar surface area (TPSA) is 101 Å². The number of carbonyl (C=O) groups excluding carboxylic acids is 3. The molecule has 1 aromatic heterocycles. The Morgan fingerprint density at radius 3 is 2.72 bits per heavy atom. The first kappa shape index (κ1) is 20.7. The van der Waals surface area contributed by atoms with E-state index >= 15 is 0 Å². The van der Waals surface area contributed by atoms with Crippen LogP contribution >= 0.6 is 22.9 Å². The number of benzene rings is 2. The van der Waals surface area contributed by atoms with Crippen LogP contribution in [0.15, 0.2) is 42.5 Å². The number of rotatable bonds is 5. The van der Waals surface area contributed by atoms with Crippen LogP contribution in [0.4, 0.5) is 5.13 Å². The van der Waals surface area contributed by atoms with Gasteiger partial charge >= 0.3 is 0 Å². The molecule has 162 valence electrons. The SMILES string of the molecule is O=C(Nc1nnc(-c2ccccc2Cl)s1)c1ccc2c(c1)C(=O)N(CC1CCCO1)C2=O. The number of hydrogen-bond donors (Lipinski definition) is 1. The molecule has 8 nitrogen and oxygen atoms in total. The van der Waals surface area contributed by atoms with E-state index < -0.39 is 11.8 Å². The highest BCUT2D eigenvalue weighted by molar-refractivity contribution is 7.18. The normalized spacial score (nSPS) is 17.7. The quantitative estimate of drug-likeness (QED) is 0.570. The second kappa shape index (κ2) is 8.42. The van der Waals surface area contributed by atoms with Crippen molar-refractivity contribution in [1.29, 1.82) is 0 Å². The standard InChI is InChI=1S/C22H17ClN4O4S/c23-17-6-2-1-5-15(17)19-25-26-22(32-19)24-18(28)12-7-8-14-16(10-12)21(30)27(20(14)29)11-13-4-3-9-31-13/h1-2,5-8,10,13H,3-4,9,11H2,(H,24,26,28). The summed E-state index contributed by atoms with van der Waals surface area (Å²) in [4.78, 5) is 39.4. The summed E-state index contributed by atoms with van der Waals surface area (Å²) in [6.07, 6.45) is 1.60. The summed E-state index contributed by atoms with van der Waals surface area (Å²) in [5.74, 6) is -1.22. The van der Waals surface area contributed by atoms with Crippen LogP contribution in [0.2, 0.25) is 5.02 Å². The van der Waals surface area contributed by atoms with Gasteiger partial charge in [0, 0.05) is 17.7 Å². The number of hydrogen-bond acceptors (Lipinski definition) is 7. The first-order chi connectivity index (χ1) is 15.5. The summed E-state index contributed by atoms with van der Waals surface area (Å²) < 4.78 is 5.55. The lowest BCUT2D eigenvalue weighted by atomic mass is 10.1. The van der Waals surface area contributed by atoms with Crippen LogP contribution in [0.3, 0.4) is 0 Å². The van der Waals surface area contributed by atoms with E-state index in [9.17, 15) is 14.4 Å². The number of nitrogens with zero attached hydrogens (tertiary/aromatic N) is 3. The Morgan fingerprint density at radius 2 is 1.94 bits per heavy atom. The van der Waals surface area contributed by atoms with Crippen LogP contribution in [-0.4, -0.2) is 52.1 Å². The molecular formula is C22H17ClN4O4S. The molecule has 0 spiro atoms. The van der Waals surface area contributed by atoms with Crippen LogP contribution in [-0.2, 0) is 4.74 Å². The van der Waals surface area contributed by atoms with Gasteiger partial charge in [-0.25, -0.2) is 0 Å². The van der Waals surface area contributed by atoms with Crippen LogP contribution < -0.4 is 5.32 Å². The van der Waals surface area contributed by atoms with Crippen molar-refractivity contribution >= 4 is 45.8 Å². The fraction of sp³-hybridized carbons (Fsp3) is 0.227. The van der Waals surface area contributed by atoms with E-state index in [-0.39, 0.29) is 29.7 Å². The van der Waals surface area contributed by atoms with Crippen LogP contribution in [0.5, 0.6) is 0 Å². The molecule has 5 rings (SSSR count). The minimum Gasteiger partial charge on any atom is -0.376 e. The number of anilines is 1. The Balaban J connectivity index is 1.32. The summed E-state index contributed by atoms with van der Waals surface area (Å²) in [7, 11) is 0. The molecule has 0 bridgehead atoms. The van der Waals surface area contributed by atoms with Crippen molar-refractivity contribution in [3.8, 4) is 10.6 Å². The van der Waals surface area contributed by atoms with Gasteiger partial charge in [0.15, 0.2) is 5.01 Å². The molecule has 1 N–H and O–H groups in total. The molecule has 3 amide bonds. The van der Waals surface area contributed by atoms with E-state index in [1.165, 1.54) is 34.4 Å². The zero-order valence-electron chi connectivity index (χ0n) is 16.7. The zero-order chi connectivity index (χ0) is 22.2. The predicted molar refractivity (Wildman–Crippen MR) is 119 cm³/mol. The fourth-order valence-electron chi connectivity index (χ4n) is 3.78. The number of fused-ring (bicyclic) bond motifs is 1. The van der Waals surface area contributed by atoms with Crippen LogP contribution in [0.25, 0.3) is 10.6 Å². The molecule has 1 saturated heterocycles. The second-order valence-corrected chi connectivity index (χ2v) is 8.85. The lowest BCUT2D eigenvalue weighted by molar-refractivity contribution is 0.0475. The van der Waals surface area contributed by atoms with Crippen molar-refractivity contribution in [2.24, 2.45) is 0 Å². The molecule has 10 heteroatoms. The summed E-state index contributed by atoms with van der Waals surface area (Å²) in [5.41, 5.74) is 1.48. The second-order valence-electron chi connectivity index (χ2n) is 7.46. The molecule has 2 aliphatic rings. The molecule has 32 heavy (non-hydrogen) atoms. The molecule has 1 atom stereocenters. The minimum atomic E-state index is -0.451. The average molecular weight is 469 g/mol. The number of nitrogens with one attached hydrogen (secondary N) is 1. The predicted octanol–water partition coefficient (Wildman–Crippen LogP) is 3.89. The van der Waals surface area contributed by atoms with E-state index in [0.717, 1.165) is 18.4 Å². The van der Waals surface area contributed by atoms with Crippen molar-refractivity contribution in [2.45, 2.75) is 18.9 Å². The molecule has 3 heterocycles. The summed E-state index contributed by atoms with van der Waals surface area (Å²) in [6, 6.07) is 11.7. The number of carbonyl (C=O) groups is 3. The van der Waals surface area contributed by atoms with Gasteiger partial charge in [-0.15, -0.1) is 10.2 Å². The van der Waals surface area contributed by atoms with Gasteiger partial charge in [0.1, 0.15) is 0 Å². The van der Waals surface area contributed by atoms with Gasteiger partial charge in [0.05, 0.1) is 28.8 Å². The van der Waals surface area contributed by atoms with Gasteiger partial charge in [0.25, 0.3) is 17.7 Å². The van der Waals surface area contributed by atoms with E-state index in [0.29, 0.717) is 27.3 Å². The maximum absolute atomic E-state index is 12.8. The highest BCUT2D eigenvalue weighted by atomic mass is 35.5. The Kier molecular flexibility index (Phi) is 5.46. The summed E-state index contributed by atoms with van der Waals surface area (Å²) >= 11 is 7.38. The lowest BCUT2D eigenvalue weighted by Crippen LogP contribution is -2.36. The van der Waals surface area contributed by atoms with Gasteiger partial charge in [-0.05, 0) is 37.1 Å². The maximum Gasteiger partial charge on any atom is 0.261 e. The van der Waals surface area contributed by atoms with E-state index in [1.807, 2.05) is 18.2 Å². The van der Waals surface area contributed by atoms with Crippen molar-refractivity contribution in [3.63, 3.8) is 0 Å². The van der Waals surface area contributed by atoms with Crippen molar-refractivity contribution in [2.75, 3.05) is 18.5 Å². The summed E-state index contributed by atoms with van der Waals surface area (Å²) in [6.45, 7) is 0.867.